The molecule has 16 heteroatoms. The molecule has 2 aliphatic heterocycles. The fraction of sp³-hybridized carbons (Fsp3) is 0.458. The van der Waals surface area contributed by atoms with Crippen LogP contribution in [-0.4, -0.2) is 73.1 Å². The Bertz CT molecular complexity index is 1490. The van der Waals surface area contributed by atoms with Gasteiger partial charge in [-0.15, -0.1) is 0 Å². The molecule has 3 N–H and O–H groups in total. The lowest BCUT2D eigenvalue weighted by atomic mass is 9.91. The van der Waals surface area contributed by atoms with Gasteiger partial charge in [0.25, 0.3) is 5.91 Å². The smallest absolute Gasteiger partial charge is 0.408 e. The number of benzene rings is 1. The number of nitrogens with zero attached hydrogens (tertiary/aromatic N) is 2. The molecule has 2 aliphatic rings. The molecule has 1 saturated heterocycles. The van der Waals surface area contributed by atoms with Gasteiger partial charge >= 0.3 is 18.0 Å². The van der Waals surface area contributed by atoms with Crippen molar-refractivity contribution in [2.24, 2.45) is 13.0 Å². The van der Waals surface area contributed by atoms with Gasteiger partial charge in [-0.05, 0) is 44.5 Å². The summed E-state index contributed by atoms with van der Waals surface area (Å²) < 4.78 is 88.5. The number of hydrogen-bond donors (Lipinski definition) is 3. The quantitative estimate of drug-likeness (QED) is 0.368. The van der Waals surface area contributed by atoms with E-state index < -0.39 is 57.2 Å². The van der Waals surface area contributed by atoms with Crippen molar-refractivity contribution in [2.45, 2.75) is 43.4 Å². The molecule has 3 amide bonds. The van der Waals surface area contributed by atoms with E-state index in [1.54, 1.807) is 5.32 Å². The summed E-state index contributed by atoms with van der Waals surface area (Å²) in [5, 5.41) is 4.18. The highest BCUT2D eigenvalue weighted by Crippen LogP contribution is 2.38. The van der Waals surface area contributed by atoms with Crippen molar-refractivity contribution in [1.82, 2.24) is 19.5 Å². The highest BCUT2D eigenvalue weighted by atomic mass is 32.2. The van der Waals surface area contributed by atoms with Crippen molar-refractivity contribution in [3.63, 3.8) is 0 Å². The lowest BCUT2D eigenvalue weighted by Gasteiger charge is -2.33. The second-order valence-electron chi connectivity index (χ2n) is 10.2. The number of fused-ring (bicyclic) bond motifs is 2. The molecule has 0 radical (unpaired) electrons. The lowest BCUT2D eigenvalue weighted by molar-refractivity contribution is -0.162. The van der Waals surface area contributed by atoms with Gasteiger partial charge in [-0.25, -0.2) is 17.5 Å². The van der Waals surface area contributed by atoms with E-state index in [2.05, 4.69) is 10.0 Å². The van der Waals surface area contributed by atoms with Gasteiger partial charge in [0.2, 0.25) is 10.0 Å². The van der Waals surface area contributed by atoms with Gasteiger partial charge in [0.15, 0.2) is 11.4 Å². The van der Waals surface area contributed by atoms with Crippen LogP contribution in [0.1, 0.15) is 29.9 Å². The van der Waals surface area contributed by atoms with E-state index in [4.69, 9.17) is 4.74 Å². The number of rotatable bonds is 3. The van der Waals surface area contributed by atoms with Gasteiger partial charge in [-0.3, -0.25) is 14.4 Å². The van der Waals surface area contributed by atoms with E-state index in [9.17, 15) is 40.4 Å². The maximum Gasteiger partial charge on any atom is 0.408 e. The average Bonchev–Trinajstić information content (AvgIpc) is 3.34. The van der Waals surface area contributed by atoms with Gasteiger partial charge in [0.05, 0.1) is 12.1 Å². The van der Waals surface area contributed by atoms with Crippen molar-refractivity contribution in [3.8, 4) is 5.75 Å². The summed E-state index contributed by atoms with van der Waals surface area (Å²) >= 11 is 0. The summed E-state index contributed by atoms with van der Waals surface area (Å²) in [5.74, 6) is -4.92. The minimum atomic E-state index is -4.76. The molecule has 2 aromatic rings. The largest absolute Gasteiger partial charge is 0.489 e. The highest BCUT2D eigenvalue weighted by Gasteiger charge is 2.51. The first-order valence-corrected chi connectivity index (χ1v) is 13.5. The van der Waals surface area contributed by atoms with Crippen LogP contribution < -0.4 is 20.1 Å². The minimum Gasteiger partial charge on any atom is -0.489 e. The highest BCUT2D eigenvalue weighted by molar-refractivity contribution is 7.89. The Labute approximate surface area is 226 Å². The Hall–Kier alpha value is -3.66. The number of alkyl halides is 3. The average molecular weight is 590 g/mol. The molecule has 218 valence electrons. The van der Waals surface area contributed by atoms with Crippen molar-refractivity contribution >= 4 is 33.4 Å². The van der Waals surface area contributed by atoms with E-state index >= 15 is 0 Å². The molecule has 1 unspecified atom stereocenters. The third-order valence-corrected chi connectivity index (χ3v) is 8.61. The molecule has 1 aromatic carbocycles. The third-order valence-electron chi connectivity index (χ3n) is 7.00. The summed E-state index contributed by atoms with van der Waals surface area (Å²) in [6, 6.07) is 1.65. The standard InChI is InChI=1S/C24H27F4N5O6S/c1-12-7-15(5-6-16(12)25)30-20(34)18-19-17(9-32(18)4)40(37,38)31-23(3)11-33(8-14(23)10-39-19)22(36)21(35)29-13(2)24(26,27)28/h5-7,9,13-14,31H,8,10-11H2,1-4H3,(H,29,35)(H,30,34)/t13?,14-,23-/m1/s1. The summed E-state index contributed by atoms with van der Waals surface area (Å²) in [4.78, 5) is 38.6. The first kappa shape index (κ1) is 29.3. The molecule has 11 nitrogen and oxygen atoms in total. The number of sulfonamides is 1. The second kappa shape index (κ2) is 10.1. The monoisotopic (exact) mass is 589 g/mol. The third kappa shape index (κ3) is 5.50. The lowest BCUT2D eigenvalue weighted by Crippen LogP contribution is -2.55. The van der Waals surface area contributed by atoms with Gasteiger partial charge in [-0.1, -0.05) is 0 Å². The summed E-state index contributed by atoms with van der Waals surface area (Å²) in [6.07, 6.45) is -3.58. The summed E-state index contributed by atoms with van der Waals surface area (Å²) in [6.45, 7) is 2.97. The van der Waals surface area contributed by atoms with Crippen LogP contribution in [0.3, 0.4) is 0 Å². The fourth-order valence-electron chi connectivity index (χ4n) is 4.68. The summed E-state index contributed by atoms with van der Waals surface area (Å²) in [7, 11) is -2.91. The van der Waals surface area contributed by atoms with Gasteiger partial charge in [-0.2, -0.15) is 13.2 Å². The molecule has 4 rings (SSSR count). The molecule has 0 bridgehead atoms. The van der Waals surface area contributed by atoms with Crippen LogP contribution in [0.4, 0.5) is 23.2 Å². The molecular weight excluding hydrogens is 562 g/mol. The zero-order valence-corrected chi connectivity index (χ0v) is 22.7. The van der Waals surface area contributed by atoms with Crippen LogP contribution in [0, 0.1) is 18.7 Å². The van der Waals surface area contributed by atoms with Crippen LogP contribution in [0.25, 0.3) is 0 Å². The molecule has 0 saturated carbocycles. The second-order valence-corrected chi connectivity index (χ2v) is 11.8. The number of aromatic nitrogens is 1. The summed E-state index contributed by atoms with van der Waals surface area (Å²) in [5.41, 5.74) is -0.936. The Balaban J connectivity index is 1.58. The molecule has 0 spiro atoms. The number of anilines is 1. The molecule has 0 aliphatic carbocycles. The van der Waals surface area contributed by atoms with Crippen molar-refractivity contribution in [2.75, 3.05) is 25.0 Å². The van der Waals surface area contributed by atoms with E-state index in [1.165, 1.54) is 49.9 Å². The zero-order valence-electron chi connectivity index (χ0n) is 21.8. The number of nitrogens with one attached hydrogen (secondary N) is 3. The van der Waals surface area contributed by atoms with Crippen LogP contribution in [0.15, 0.2) is 29.3 Å². The Morgan fingerprint density at radius 3 is 2.55 bits per heavy atom. The maximum absolute atomic E-state index is 13.6. The molecular formula is C24H27F4N5O6S. The predicted molar refractivity (Wildman–Crippen MR) is 132 cm³/mol. The first-order chi connectivity index (χ1) is 18.4. The van der Waals surface area contributed by atoms with Crippen molar-refractivity contribution in [3.05, 3.63) is 41.5 Å². The molecule has 40 heavy (non-hydrogen) atoms. The van der Waals surface area contributed by atoms with E-state index in [0.29, 0.717) is 6.92 Å². The fourth-order valence-corrected chi connectivity index (χ4v) is 6.33. The number of aryl methyl sites for hydroxylation is 2. The van der Waals surface area contributed by atoms with Crippen LogP contribution in [-0.2, 0) is 26.7 Å². The van der Waals surface area contributed by atoms with Crippen LogP contribution >= 0.6 is 0 Å². The van der Waals surface area contributed by atoms with Crippen LogP contribution in [0.5, 0.6) is 5.75 Å². The first-order valence-electron chi connectivity index (χ1n) is 12.0. The van der Waals surface area contributed by atoms with Gasteiger partial charge in [0.1, 0.15) is 16.8 Å². The number of amides is 3. The number of hydrogen-bond acceptors (Lipinski definition) is 6. The molecule has 1 aromatic heterocycles. The van der Waals surface area contributed by atoms with E-state index in [-0.39, 0.29) is 47.3 Å². The van der Waals surface area contributed by atoms with Gasteiger partial charge < -0.3 is 24.8 Å². The Kier molecular flexibility index (Phi) is 7.38. The zero-order chi connectivity index (χ0) is 29.8. The topological polar surface area (TPSA) is 139 Å². The minimum absolute atomic E-state index is 0.141. The molecule has 3 heterocycles. The number of likely N-dealkylation sites (tertiary alicyclic amines) is 1. The maximum atomic E-state index is 13.6. The number of carbonyl (C=O) groups excluding carboxylic acids is 3. The predicted octanol–water partition coefficient (Wildman–Crippen LogP) is 1.68. The number of carbonyl (C=O) groups is 3. The van der Waals surface area contributed by atoms with Gasteiger partial charge in [0, 0.05) is 37.9 Å². The molecule has 3 atom stereocenters. The van der Waals surface area contributed by atoms with Crippen LogP contribution in [0.2, 0.25) is 0 Å². The van der Waals surface area contributed by atoms with E-state index in [1.807, 2.05) is 0 Å². The number of halogens is 4. The normalized spacial score (nSPS) is 22.7. The van der Waals surface area contributed by atoms with E-state index in [0.717, 1.165) is 4.90 Å². The van der Waals surface area contributed by atoms with Crippen molar-refractivity contribution in [1.29, 1.82) is 0 Å². The Morgan fingerprint density at radius 2 is 1.93 bits per heavy atom. The van der Waals surface area contributed by atoms with Crippen molar-refractivity contribution < 1.29 is 45.1 Å². The molecule has 1 fully saturated rings. The Morgan fingerprint density at radius 1 is 1.25 bits per heavy atom. The SMILES string of the molecule is Cc1cc(NC(=O)c2c3c(cn2C)S(=O)(=O)N[C@]2(C)CN(C(=O)C(=O)NC(C)C(F)(F)F)C[C@@H]2CO3)ccc1F. The number of ether oxygens (including phenoxy) is 1.